The highest BCUT2D eigenvalue weighted by Gasteiger charge is 2.24. The molecular weight excluding hydrogens is 352 g/mol. The Bertz CT molecular complexity index is 979. The number of aromatic nitrogens is 5. The van der Waals surface area contributed by atoms with Crippen LogP contribution in [0.15, 0.2) is 6.33 Å². The van der Waals surface area contributed by atoms with E-state index in [0.717, 1.165) is 46.8 Å². The van der Waals surface area contributed by atoms with Crippen LogP contribution in [0.1, 0.15) is 40.2 Å². The lowest BCUT2D eigenvalue weighted by molar-refractivity contribution is 0.0531. The number of rotatable bonds is 4. The van der Waals surface area contributed by atoms with Crippen LogP contribution in [0.5, 0.6) is 0 Å². The van der Waals surface area contributed by atoms with Crippen molar-refractivity contribution in [2.45, 2.75) is 46.2 Å². The van der Waals surface area contributed by atoms with Gasteiger partial charge in [-0.25, -0.2) is 24.4 Å². The Morgan fingerprint density at radius 1 is 1.42 bits per heavy atom. The molecule has 1 atom stereocenters. The van der Waals surface area contributed by atoms with E-state index in [1.807, 2.05) is 18.5 Å². The Morgan fingerprint density at radius 3 is 3.08 bits per heavy atom. The molecule has 0 aromatic carbocycles. The molecule has 0 saturated carbocycles. The molecule has 26 heavy (non-hydrogen) atoms. The third-order valence-electron chi connectivity index (χ3n) is 4.51. The van der Waals surface area contributed by atoms with Crippen LogP contribution in [0.3, 0.4) is 0 Å². The minimum absolute atomic E-state index is 0.201. The molecule has 136 valence electrons. The molecule has 3 aromatic heterocycles. The first kappa shape index (κ1) is 16.9. The maximum atomic E-state index is 12.2. The van der Waals surface area contributed by atoms with Gasteiger partial charge in [-0.15, -0.1) is 11.3 Å². The maximum Gasteiger partial charge on any atom is 0.348 e. The SMILES string of the molecule is CCOC(=O)c1sc2nc(C)nc(NC3CCc4ncnn4C3)c2c1C. The lowest BCUT2D eigenvalue weighted by Crippen LogP contribution is -2.32. The molecule has 1 aliphatic rings. The molecular formula is C17H20N6O2S. The molecule has 1 unspecified atom stereocenters. The minimum Gasteiger partial charge on any atom is -0.462 e. The van der Waals surface area contributed by atoms with Crippen LogP contribution < -0.4 is 5.32 Å². The number of fused-ring (bicyclic) bond motifs is 2. The number of hydrogen-bond donors (Lipinski definition) is 1. The fourth-order valence-corrected chi connectivity index (χ4v) is 4.41. The van der Waals surface area contributed by atoms with E-state index in [0.29, 0.717) is 17.3 Å². The maximum absolute atomic E-state index is 12.2. The van der Waals surface area contributed by atoms with Crippen LogP contribution in [0.4, 0.5) is 5.82 Å². The number of esters is 1. The van der Waals surface area contributed by atoms with E-state index < -0.39 is 0 Å². The average Bonchev–Trinajstić information content (AvgIpc) is 3.19. The number of carbonyl (C=O) groups excluding carboxylic acids is 1. The van der Waals surface area contributed by atoms with Gasteiger partial charge in [0.25, 0.3) is 0 Å². The summed E-state index contributed by atoms with van der Waals surface area (Å²) in [5, 5.41) is 8.70. The number of thiophene rings is 1. The third kappa shape index (κ3) is 2.92. The highest BCUT2D eigenvalue weighted by Crippen LogP contribution is 2.35. The fourth-order valence-electron chi connectivity index (χ4n) is 3.29. The van der Waals surface area contributed by atoms with Crippen LogP contribution in [0.2, 0.25) is 0 Å². The van der Waals surface area contributed by atoms with Crippen molar-refractivity contribution in [3.63, 3.8) is 0 Å². The first-order valence-corrected chi connectivity index (χ1v) is 9.46. The molecule has 0 saturated heterocycles. The van der Waals surface area contributed by atoms with E-state index in [1.54, 1.807) is 13.3 Å². The quantitative estimate of drug-likeness (QED) is 0.703. The zero-order valence-electron chi connectivity index (χ0n) is 14.9. The zero-order valence-corrected chi connectivity index (χ0v) is 15.8. The van der Waals surface area contributed by atoms with Gasteiger partial charge in [-0.3, -0.25) is 0 Å². The van der Waals surface area contributed by atoms with Gasteiger partial charge in [-0.1, -0.05) is 0 Å². The summed E-state index contributed by atoms with van der Waals surface area (Å²) in [6, 6.07) is 0.201. The Kier molecular flexibility index (Phi) is 4.31. The molecule has 1 aliphatic heterocycles. The number of anilines is 1. The number of hydrogen-bond acceptors (Lipinski definition) is 8. The van der Waals surface area contributed by atoms with E-state index in [1.165, 1.54) is 11.3 Å². The Balaban J connectivity index is 1.69. The molecule has 0 bridgehead atoms. The van der Waals surface area contributed by atoms with Crippen molar-refractivity contribution >= 4 is 33.3 Å². The topological polar surface area (TPSA) is 94.8 Å². The van der Waals surface area contributed by atoms with E-state index in [2.05, 4.69) is 25.4 Å². The van der Waals surface area contributed by atoms with Crippen molar-refractivity contribution in [3.8, 4) is 0 Å². The molecule has 0 aliphatic carbocycles. The number of nitrogens with one attached hydrogen (secondary N) is 1. The molecule has 9 heteroatoms. The predicted molar refractivity (Wildman–Crippen MR) is 98.6 cm³/mol. The smallest absolute Gasteiger partial charge is 0.348 e. The van der Waals surface area contributed by atoms with Gasteiger partial charge in [0.15, 0.2) is 0 Å². The fraction of sp³-hybridized carbons (Fsp3) is 0.471. The van der Waals surface area contributed by atoms with E-state index in [4.69, 9.17) is 4.74 Å². The first-order valence-electron chi connectivity index (χ1n) is 8.65. The highest BCUT2D eigenvalue weighted by molar-refractivity contribution is 7.20. The van der Waals surface area contributed by atoms with Crippen LogP contribution in [0.25, 0.3) is 10.2 Å². The molecule has 0 amide bonds. The summed E-state index contributed by atoms with van der Waals surface area (Å²) in [4.78, 5) is 27.0. The second-order valence-electron chi connectivity index (χ2n) is 6.31. The molecule has 3 aromatic rings. The van der Waals surface area contributed by atoms with Gasteiger partial charge in [0.1, 0.15) is 33.5 Å². The van der Waals surface area contributed by atoms with Crippen LogP contribution in [-0.4, -0.2) is 43.4 Å². The summed E-state index contributed by atoms with van der Waals surface area (Å²) in [7, 11) is 0. The standard InChI is InChI=1S/C17H20N6O2S/c1-4-25-17(24)14-9(2)13-15(20-10(3)21-16(13)26-14)22-11-5-6-12-18-8-19-23(12)7-11/h8,11H,4-7H2,1-3H3,(H,20,21,22). The van der Waals surface area contributed by atoms with Crippen molar-refractivity contribution in [1.82, 2.24) is 24.7 Å². The largest absolute Gasteiger partial charge is 0.462 e. The molecule has 0 fully saturated rings. The third-order valence-corrected chi connectivity index (χ3v) is 5.67. The van der Waals surface area contributed by atoms with Crippen molar-refractivity contribution in [1.29, 1.82) is 0 Å². The summed E-state index contributed by atoms with van der Waals surface area (Å²) < 4.78 is 7.10. The van der Waals surface area contributed by atoms with Crippen LogP contribution in [-0.2, 0) is 17.7 Å². The zero-order chi connectivity index (χ0) is 18.3. The lowest BCUT2D eigenvalue weighted by Gasteiger charge is -2.24. The van der Waals surface area contributed by atoms with Gasteiger partial charge in [0.2, 0.25) is 0 Å². The number of nitrogens with zero attached hydrogens (tertiary/aromatic N) is 5. The summed E-state index contributed by atoms with van der Waals surface area (Å²) in [5.41, 5.74) is 0.864. The summed E-state index contributed by atoms with van der Waals surface area (Å²) in [6.07, 6.45) is 3.43. The van der Waals surface area contributed by atoms with Gasteiger partial charge in [-0.2, -0.15) is 5.10 Å². The van der Waals surface area contributed by atoms with E-state index in [9.17, 15) is 4.79 Å². The lowest BCUT2D eigenvalue weighted by atomic mass is 10.1. The summed E-state index contributed by atoms with van der Waals surface area (Å²) in [5.74, 6) is 2.16. The van der Waals surface area contributed by atoms with Gasteiger partial charge in [0.05, 0.1) is 18.5 Å². The van der Waals surface area contributed by atoms with Crippen molar-refractivity contribution < 1.29 is 9.53 Å². The van der Waals surface area contributed by atoms with Crippen LogP contribution in [0, 0.1) is 13.8 Å². The Morgan fingerprint density at radius 2 is 2.27 bits per heavy atom. The number of ether oxygens (including phenoxy) is 1. The molecule has 0 spiro atoms. The molecule has 0 radical (unpaired) electrons. The van der Waals surface area contributed by atoms with Crippen molar-refractivity contribution in [2.75, 3.05) is 11.9 Å². The number of aryl methyl sites for hydroxylation is 3. The van der Waals surface area contributed by atoms with Crippen molar-refractivity contribution in [3.05, 3.63) is 28.4 Å². The first-order chi connectivity index (χ1) is 12.6. The van der Waals surface area contributed by atoms with Gasteiger partial charge < -0.3 is 10.1 Å². The van der Waals surface area contributed by atoms with Gasteiger partial charge in [0, 0.05) is 12.5 Å². The molecule has 4 rings (SSSR count). The second-order valence-corrected chi connectivity index (χ2v) is 7.31. The van der Waals surface area contributed by atoms with Gasteiger partial charge in [-0.05, 0) is 32.8 Å². The Labute approximate surface area is 154 Å². The minimum atomic E-state index is -0.304. The number of carbonyl (C=O) groups is 1. The molecule has 8 nitrogen and oxygen atoms in total. The van der Waals surface area contributed by atoms with Crippen LogP contribution >= 0.6 is 11.3 Å². The molecule has 1 N–H and O–H groups in total. The Hall–Kier alpha value is -2.55. The van der Waals surface area contributed by atoms with E-state index in [-0.39, 0.29) is 12.0 Å². The highest BCUT2D eigenvalue weighted by atomic mass is 32.1. The second kappa shape index (κ2) is 6.64. The average molecular weight is 372 g/mol. The van der Waals surface area contributed by atoms with Crippen molar-refractivity contribution in [2.24, 2.45) is 0 Å². The monoisotopic (exact) mass is 372 g/mol. The van der Waals surface area contributed by atoms with Gasteiger partial charge >= 0.3 is 5.97 Å². The molecule has 4 heterocycles. The predicted octanol–water partition coefficient (Wildman–Crippen LogP) is 2.50. The summed E-state index contributed by atoms with van der Waals surface area (Å²) >= 11 is 1.36. The summed E-state index contributed by atoms with van der Waals surface area (Å²) in [6.45, 7) is 6.68. The van der Waals surface area contributed by atoms with E-state index >= 15 is 0 Å². The normalized spacial score (nSPS) is 16.5.